The van der Waals surface area contributed by atoms with Crippen molar-refractivity contribution in [2.45, 2.75) is 26.2 Å². The summed E-state index contributed by atoms with van der Waals surface area (Å²) < 4.78 is 0. The van der Waals surface area contributed by atoms with Crippen LogP contribution in [-0.4, -0.2) is 16.1 Å². The maximum absolute atomic E-state index is 10.9. The zero-order chi connectivity index (χ0) is 13.7. The molecule has 0 spiro atoms. The number of nitrogens with zero attached hydrogens (tertiary/aromatic N) is 1. The van der Waals surface area contributed by atoms with Crippen LogP contribution in [-0.2, 0) is 6.42 Å². The molecule has 0 bridgehead atoms. The number of aryl methyl sites for hydroxylation is 1. The van der Waals surface area contributed by atoms with Gasteiger partial charge in [-0.15, -0.1) is 0 Å². The van der Waals surface area contributed by atoms with Crippen molar-refractivity contribution in [2.75, 3.05) is 0 Å². The summed E-state index contributed by atoms with van der Waals surface area (Å²) in [6, 6.07) is 9.88. The van der Waals surface area contributed by atoms with Crippen molar-refractivity contribution in [3.05, 3.63) is 53.9 Å². The molecule has 0 saturated heterocycles. The van der Waals surface area contributed by atoms with Gasteiger partial charge in [0.2, 0.25) is 0 Å². The molecule has 98 valence electrons. The van der Waals surface area contributed by atoms with Crippen LogP contribution in [0.5, 0.6) is 0 Å². The SMILES string of the molecule is CCCCc1ccc(-c2cncc(C(=O)O)c2)cc1. The number of pyridine rings is 1. The molecule has 2 rings (SSSR count). The number of aromatic nitrogens is 1. The second-order valence-electron chi connectivity index (χ2n) is 4.57. The van der Waals surface area contributed by atoms with E-state index < -0.39 is 5.97 Å². The topological polar surface area (TPSA) is 50.2 Å². The number of aromatic carboxylic acids is 1. The van der Waals surface area contributed by atoms with Crippen LogP contribution in [0.2, 0.25) is 0 Å². The maximum atomic E-state index is 10.9. The molecule has 0 atom stereocenters. The second-order valence-corrected chi connectivity index (χ2v) is 4.57. The number of rotatable bonds is 5. The molecule has 0 aliphatic rings. The van der Waals surface area contributed by atoms with Crippen LogP contribution in [0.15, 0.2) is 42.7 Å². The molecule has 2 aromatic rings. The molecule has 19 heavy (non-hydrogen) atoms. The van der Waals surface area contributed by atoms with Crippen LogP contribution in [0, 0.1) is 0 Å². The van der Waals surface area contributed by atoms with Crippen molar-refractivity contribution in [3.8, 4) is 11.1 Å². The number of unbranched alkanes of at least 4 members (excludes halogenated alkanes) is 1. The zero-order valence-electron chi connectivity index (χ0n) is 11.0. The standard InChI is InChI=1S/C16H17NO2/c1-2-3-4-12-5-7-13(8-6-12)14-9-15(16(18)19)11-17-10-14/h5-11H,2-4H2,1H3,(H,18,19). The maximum Gasteiger partial charge on any atom is 0.337 e. The lowest BCUT2D eigenvalue weighted by Gasteiger charge is -2.04. The van der Waals surface area contributed by atoms with E-state index in [0.29, 0.717) is 0 Å². The van der Waals surface area contributed by atoms with Crippen LogP contribution in [0.3, 0.4) is 0 Å². The average Bonchev–Trinajstić information content (AvgIpc) is 2.46. The first-order valence-corrected chi connectivity index (χ1v) is 6.48. The smallest absolute Gasteiger partial charge is 0.337 e. The minimum Gasteiger partial charge on any atom is -0.478 e. The van der Waals surface area contributed by atoms with Crippen LogP contribution in [0.25, 0.3) is 11.1 Å². The summed E-state index contributed by atoms with van der Waals surface area (Å²) in [5.41, 5.74) is 3.36. The van der Waals surface area contributed by atoms with Crippen molar-refractivity contribution in [3.63, 3.8) is 0 Å². The molecule has 0 aliphatic carbocycles. The van der Waals surface area contributed by atoms with E-state index in [9.17, 15) is 4.79 Å². The fourth-order valence-corrected chi connectivity index (χ4v) is 1.96. The van der Waals surface area contributed by atoms with E-state index in [0.717, 1.165) is 17.5 Å². The summed E-state index contributed by atoms with van der Waals surface area (Å²) in [5.74, 6) is -0.950. The molecule has 0 unspecified atom stereocenters. The normalized spacial score (nSPS) is 10.4. The van der Waals surface area contributed by atoms with E-state index in [4.69, 9.17) is 5.11 Å². The highest BCUT2D eigenvalue weighted by Crippen LogP contribution is 2.20. The third-order valence-electron chi connectivity index (χ3n) is 3.09. The molecule has 0 aliphatic heterocycles. The first-order valence-electron chi connectivity index (χ1n) is 6.48. The van der Waals surface area contributed by atoms with Crippen LogP contribution >= 0.6 is 0 Å². The first kappa shape index (κ1) is 13.3. The Morgan fingerprint density at radius 1 is 1.16 bits per heavy atom. The third kappa shape index (κ3) is 3.41. The molecule has 1 aromatic heterocycles. The zero-order valence-corrected chi connectivity index (χ0v) is 11.0. The Balaban J connectivity index is 2.22. The van der Waals surface area contributed by atoms with Gasteiger partial charge in [-0.1, -0.05) is 37.6 Å². The highest BCUT2D eigenvalue weighted by atomic mass is 16.4. The lowest BCUT2D eigenvalue weighted by Crippen LogP contribution is -1.97. The highest BCUT2D eigenvalue weighted by Gasteiger charge is 2.05. The Hall–Kier alpha value is -2.16. The van der Waals surface area contributed by atoms with E-state index in [2.05, 4.69) is 24.0 Å². The van der Waals surface area contributed by atoms with E-state index in [1.807, 2.05) is 12.1 Å². The van der Waals surface area contributed by atoms with Gasteiger partial charge in [-0.05, 0) is 30.0 Å². The van der Waals surface area contributed by atoms with Gasteiger partial charge in [-0.2, -0.15) is 0 Å². The Labute approximate surface area is 112 Å². The Morgan fingerprint density at radius 2 is 1.89 bits per heavy atom. The molecule has 0 radical (unpaired) electrons. The summed E-state index contributed by atoms with van der Waals surface area (Å²) >= 11 is 0. The molecule has 0 saturated carbocycles. The Bertz CT molecular complexity index is 561. The van der Waals surface area contributed by atoms with Crippen molar-refractivity contribution < 1.29 is 9.90 Å². The number of carbonyl (C=O) groups is 1. The minimum atomic E-state index is -0.950. The summed E-state index contributed by atoms with van der Waals surface area (Å²) in [6.07, 6.45) is 6.51. The van der Waals surface area contributed by atoms with E-state index in [1.165, 1.54) is 24.6 Å². The third-order valence-corrected chi connectivity index (χ3v) is 3.09. The molecule has 0 fully saturated rings. The van der Waals surface area contributed by atoms with Crippen molar-refractivity contribution in [1.29, 1.82) is 0 Å². The quantitative estimate of drug-likeness (QED) is 0.884. The van der Waals surface area contributed by atoms with Gasteiger partial charge in [0.25, 0.3) is 0 Å². The predicted molar refractivity (Wildman–Crippen MR) is 75.2 cm³/mol. The summed E-state index contributed by atoms with van der Waals surface area (Å²) in [4.78, 5) is 14.9. The van der Waals surface area contributed by atoms with Crippen molar-refractivity contribution in [1.82, 2.24) is 4.98 Å². The fourth-order valence-electron chi connectivity index (χ4n) is 1.96. The average molecular weight is 255 g/mol. The lowest BCUT2D eigenvalue weighted by atomic mass is 10.0. The van der Waals surface area contributed by atoms with Gasteiger partial charge in [0.05, 0.1) is 5.56 Å². The second kappa shape index (κ2) is 6.14. The van der Waals surface area contributed by atoms with Crippen molar-refractivity contribution >= 4 is 5.97 Å². The number of carboxylic acids is 1. The molecule has 1 heterocycles. The number of hydrogen-bond donors (Lipinski definition) is 1. The Kier molecular flexibility index (Phi) is 4.29. The predicted octanol–water partition coefficient (Wildman–Crippen LogP) is 3.79. The highest BCUT2D eigenvalue weighted by molar-refractivity contribution is 5.88. The van der Waals surface area contributed by atoms with Gasteiger partial charge in [-0.3, -0.25) is 4.98 Å². The lowest BCUT2D eigenvalue weighted by molar-refractivity contribution is 0.0696. The molecule has 1 aromatic carbocycles. The van der Waals surface area contributed by atoms with Crippen LogP contribution in [0.4, 0.5) is 0 Å². The van der Waals surface area contributed by atoms with E-state index >= 15 is 0 Å². The summed E-state index contributed by atoms with van der Waals surface area (Å²) in [7, 11) is 0. The van der Waals surface area contributed by atoms with Crippen LogP contribution in [0.1, 0.15) is 35.7 Å². The summed E-state index contributed by atoms with van der Waals surface area (Å²) in [5, 5.41) is 8.96. The largest absolute Gasteiger partial charge is 0.478 e. The van der Waals surface area contributed by atoms with Gasteiger partial charge < -0.3 is 5.11 Å². The van der Waals surface area contributed by atoms with Gasteiger partial charge in [0.15, 0.2) is 0 Å². The van der Waals surface area contributed by atoms with Gasteiger partial charge in [-0.25, -0.2) is 4.79 Å². The molecular weight excluding hydrogens is 238 g/mol. The number of carboxylic acid groups (broad SMARTS) is 1. The molecule has 0 amide bonds. The fraction of sp³-hybridized carbons (Fsp3) is 0.250. The molecule has 1 N–H and O–H groups in total. The Morgan fingerprint density at radius 3 is 2.53 bits per heavy atom. The van der Waals surface area contributed by atoms with Gasteiger partial charge in [0, 0.05) is 18.0 Å². The first-order chi connectivity index (χ1) is 9.20. The van der Waals surface area contributed by atoms with Crippen LogP contribution < -0.4 is 0 Å². The minimum absolute atomic E-state index is 0.215. The number of hydrogen-bond acceptors (Lipinski definition) is 2. The molecule has 3 heteroatoms. The van der Waals surface area contributed by atoms with Gasteiger partial charge >= 0.3 is 5.97 Å². The van der Waals surface area contributed by atoms with Crippen molar-refractivity contribution in [2.24, 2.45) is 0 Å². The van der Waals surface area contributed by atoms with E-state index in [-0.39, 0.29) is 5.56 Å². The van der Waals surface area contributed by atoms with E-state index in [1.54, 1.807) is 12.3 Å². The molecular formula is C16H17NO2. The monoisotopic (exact) mass is 255 g/mol. The van der Waals surface area contributed by atoms with Gasteiger partial charge in [0.1, 0.15) is 0 Å². The summed E-state index contributed by atoms with van der Waals surface area (Å²) in [6.45, 7) is 2.18. The molecule has 3 nitrogen and oxygen atoms in total. The number of benzene rings is 1.